The van der Waals surface area contributed by atoms with Crippen molar-refractivity contribution < 1.29 is 9.94 Å². The summed E-state index contributed by atoms with van der Waals surface area (Å²) in [7, 11) is 1.53. The lowest BCUT2D eigenvalue weighted by Gasteiger charge is -2.14. The summed E-state index contributed by atoms with van der Waals surface area (Å²) in [5.74, 6) is -0.0374. The van der Waals surface area contributed by atoms with E-state index in [0.717, 1.165) is 0 Å². The first-order valence-electron chi connectivity index (χ1n) is 3.33. The Balaban J connectivity index is 3.93. The molecule has 2 atom stereocenters. The highest BCUT2D eigenvalue weighted by Gasteiger charge is 2.13. The number of nitrogens with zero attached hydrogens (tertiary/aromatic N) is 2. The van der Waals surface area contributed by atoms with Crippen LogP contribution in [0.2, 0.25) is 0 Å². The van der Waals surface area contributed by atoms with Crippen LogP contribution in [-0.4, -0.2) is 24.6 Å². The Labute approximate surface area is 66.1 Å². The van der Waals surface area contributed by atoms with Crippen molar-refractivity contribution in [3.63, 3.8) is 0 Å². The van der Waals surface area contributed by atoms with Crippen LogP contribution >= 0.6 is 0 Å². The second-order valence-corrected chi connectivity index (χ2v) is 2.26. The summed E-state index contributed by atoms with van der Waals surface area (Å²) < 4.78 is 4.98. The quantitative estimate of drug-likeness (QED) is 0.375. The number of nitriles is 1. The Morgan fingerprint density at radius 1 is 1.82 bits per heavy atom. The fourth-order valence-electron chi connectivity index (χ4n) is 0.775. The Kier molecular flexibility index (Phi) is 5.13. The van der Waals surface area contributed by atoms with Gasteiger partial charge in [0.1, 0.15) is 0 Å². The maximum Gasteiger partial charge on any atom is 0.0777 e. The maximum atomic E-state index is 8.35. The van der Waals surface area contributed by atoms with E-state index in [4.69, 9.17) is 15.2 Å². The van der Waals surface area contributed by atoms with Gasteiger partial charge in [0.2, 0.25) is 0 Å². The van der Waals surface area contributed by atoms with E-state index in [1.54, 1.807) is 0 Å². The van der Waals surface area contributed by atoms with Crippen LogP contribution in [0.15, 0.2) is 5.16 Å². The van der Waals surface area contributed by atoms with E-state index in [2.05, 4.69) is 5.16 Å². The highest BCUT2D eigenvalue weighted by atomic mass is 16.5. The molecule has 0 fully saturated rings. The van der Waals surface area contributed by atoms with E-state index >= 15 is 0 Å². The van der Waals surface area contributed by atoms with Crippen LogP contribution in [0.25, 0.3) is 0 Å². The predicted octanol–water partition coefficient (Wildman–Crippen LogP) is 1.01. The third-order valence-corrected chi connectivity index (χ3v) is 1.48. The van der Waals surface area contributed by atoms with Gasteiger partial charge in [-0.25, -0.2) is 0 Å². The topological polar surface area (TPSA) is 65.6 Å². The summed E-state index contributed by atoms with van der Waals surface area (Å²) in [6.07, 6.45) is 1.48. The molecule has 0 saturated carbocycles. The molecule has 2 unspecified atom stereocenters. The highest BCUT2D eigenvalue weighted by Crippen LogP contribution is 2.07. The lowest BCUT2D eigenvalue weighted by molar-refractivity contribution is 0.0844. The van der Waals surface area contributed by atoms with Crippen molar-refractivity contribution in [1.29, 1.82) is 5.26 Å². The molecule has 0 aliphatic carbocycles. The van der Waals surface area contributed by atoms with Crippen molar-refractivity contribution in [3.05, 3.63) is 0 Å². The maximum absolute atomic E-state index is 8.35. The second kappa shape index (κ2) is 5.69. The standard InChI is InChI=1S/C7H12N2O2/c1-6(5-9-10)7(11-2)3-4-8/h5-7,10H,3H2,1-2H3. The summed E-state index contributed by atoms with van der Waals surface area (Å²) >= 11 is 0. The van der Waals surface area contributed by atoms with Crippen LogP contribution in [0.3, 0.4) is 0 Å². The molecule has 0 aromatic heterocycles. The molecule has 0 aromatic carbocycles. The zero-order chi connectivity index (χ0) is 8.69. The van der Waals surface area contributed by atoms with E-state index in [1.807, 2.05) is 13.0 Å². The first kappa shape index (κ1) is 9.92. The molecule has 11 heavy (non-hydrogen) atoms. The molecular weight excluding hydrogens is 144 g/mol. The minimum atomic E-state index is -0.184. The van der Waals surface area contributed by atoms with E-state index in [1.165, 1.54) is 13.3 Å². The van der Waals surface area contributed by atoms with Gasteiger partial charge in [-0.2, -0.15) is 5.26 Å². The summed E-state index contributed by atoms with van der Waals surface area (Å²) in [6, 6.07) is 1.99. The first-order chi connectivity index (χ1) is 5.26. The Bertz CT molecular complexity index is 162. The fourth-order valence-corrected chi connectivity index (χ4v) is 0.775. The molecule has 0 spiro atoms. The normalized spacial score (nSPS) is 16.1. The minimum Gasteiger partial charge on any atom is -0.411 e. The zero-order valence-corrected chi connectivity index (χ0v) is 6.69. The average Bonchev–Trinajstić information content (AvgIpc) is 2.00. The lowest BCUT2D eigenvalue weighted by Crippen LogP contribution is -2.20. The van der Waals surface area contributed by atoms with Gasteiger partial charge in [0, 0.05) is 19.2 Å². The molecule has 0 amide bonds. The lowest BCUT2D eigenvalue weighted by atomic mass is 10.0. The number of methoxy groups -OCH3 is 1. The molecule has 1 N–H and O–H groups in total. The largest absolute Gasteiger partial charge is 0.411 e. The van der Waals surface area contributed by atoms with Crippen molar-refractivity contribution in [2.24, 2.45) is 11.1 Å². The minimum absolute atomic E-state index is 0.0374. The van der Waals surface area contributed by atoms with Crippen molar-refractivity contribution in [1.82, 2.24) is 0 Å². The molecule has 4 nitrogen and oxygen atoms in total. The number of oxime groups is 1. The first-order valence-corrected chi connectivity index (χ1v) is 3.33. The highest BCUT2D eigenvalue weighted by molar-refractivity contribution is 5.60. The molecule has 4 heteroatoms. The van der Waals surface area contributed by atoms with Crippen LogP contribution in [0, 0.1) is 17.2 Å². The van der Waals surface area contributed by atoms with Crippen LogP contribution < -0.4 is 0 Å². The molecular formula is C7H12N2O2. The third-order valence-electron chi connectivity index (χ3n) is 1.48. The van der Waals surface area contributed by atoms with Crippen LogP contribution in [0.5, 0.6) is 0 Å². The van der Waals surface area contributed by atoms with E-state index in [9.17, 15) is 0 Å². The predicted molar refractivity (Wildman–Crippen MR) is 40.5 cm³/mol. The molecule has 0 heterocycles. The molecule has 0 bridgehead atoms. The Morgan fingerprint density at radius 2 is 2.45 bits per heavy atom. The summed E-state index contributed by atoms with van der Waals surface area (Å²) in [4.78, 5) is 0. The van der Waals surface area contributed by atoms with Crippen molar-refractivity contribution in [2.45, 2.75) is 19.4 Å². The SMILES string of the molecule is COC(CC#N)C(C)C=NO. The monoisotopic (exact) mass is 156 g/mol. The molecule has 62 valence electrons. The average molecular weight is 156 g/mol. The van der Waals surface area contributed by atoms with Gasteiger partial charge >= 0.3 is 0 Å². The van der Waals surface area contributed by atoms with Crippen LogP contribution in [-0.2, 0) is 4.74 Å². The fraction of sp³-hybridized carbons (Fsp3) is 0.714. The van der Waals surface area contributed by atoms with E-state index < -0.39 is 0 Å². The third kappa shape index (κ3) is 3.58. The summed E-state index contributed by atoms with van der Waals surface area (Å²) in [6.45, 7) is 1.82. The van der Waals surface area contributed by atoms with E-state index in [-0.39, 0.29) is 12.0 Å². The van der Waals surface area contributed by atoms with Gasteiger partial charge in [-0.15, -0.1) is 5.16 Å². The zero-order valence-electron chi connectivity index (χ0n) is 6.69. The molecule has 0 saturated heterocycles. The second-order valence-electron chi connectivity index (χ2n) is 2.26. The van der Waals surface area contributed by atoms with Gasteiger partial charge in [-0.3, -0.25) is 0 Å². The van der Waals surface area contributed by atoms with E-state index in [0.29, 0.717) is 6.42 Å². The summed E-state index contributed by atoms with van der Waals surface area (Å²) in [5, 5.41) is 19.4. The van der Waals surface area contributed by atoms with Gasteiger partial charge in [-0.05, 0) is 0 Å². The van der Waals surface area contributed by atoms with Gasteiger partial charge in [0.05, 0.1) is 18.6 Å². The van der Waals surface area contributed by atoms with Crippen LogP contribution in [0.4, 0.5) is 0 Å². The van der Waals surface area contributed by atoms with Gasteiger partial charge in [0.25, 0.3) is 0 Å². The van der Waals surface area contributed by atoms with Crippen LogP contribution in [0.1, 0.15) is 13.3 Å². The molecule has 0 rings (SSSR count). The molecule has 0 radical (unpaired) electrons. The number of hydrogen-bond acceptors (Lipinski definition) is 4. The molecule has 0 aromatic rings. The Morgan fingerprint density at radius 3 is 2.82 bits per heavy atom. The van der Waals surface area contributed by atoms with Crippen molar-refractivity contribution in [2.75, 3.05) is 7.11 Å². The smallest absolute Gasteiger partial charge is 0.0777 e. The van der Waals surface area contributed by atoms with Crippen molar-refractivity contribution in [3.8, 4) is 6.07 Å². The summed E-state index contributed by atoms with van der Waals surface area (Å²) in [5.41, 5.74) is 0. The molecule has 0 aliphatic heterocycles. The van der Waals surface area contributed by atoms with Gasteiger partial charge in [-0.1, -0.05) is 6.92 Å². The molecule has 0 aliphatic rings. The number of rotatable bonds is 4. The van der Waals surface area contributed by atoms with Gasteiger partial charge < -0.3 is 9.94 Å². The number of hydrogen-bond donors (Lipinski definition) is 1. The van der Waals surface area contributed by atoms with Crippen molar-refractivity contribution >= 4 is 6.21 Å². The Hall–Kier alpha value is -1.08. The number of ether oxygens (including phenoxy) is 1. The van der Waals surface area contributed by atoms with Gasteiger partial charge in [0.15, 0.2) is 0 Å².